The lowest BCUT2D eigenvalue weighted by Gasteiger charge is -2.40. The number of rotatable bonds is 6. The standard InChI is InChI=1S/C23H26N2O2/c26-23(27)22-13-12-19-10-4-5-11-20(19)25(22)21(18-8-2-1-3-9-18)14-17-24-15-6-7-16-24/h1-5,8-13,21-22H,6-7,14-17H2,(H,26,27). The fourth-order valence-electron chi connectivity index (χ4n) is 4.32. The van der Waals surface area contributed by atoms with Crippen LogP contribution in [-0.4, -0.2) is 41.7 Å². The normalized spacial score (nSPS) is 20.4. The maximum absolute atomic E-state index is 12.1. The minimum absolute atomic E-state index is 0.0269. The highest BCUT2D eigenvalue weighted by Crippen LogP contribution is 2.38. The molecular formula is C23H26N2O2. The number of hydrogen-bond acceptors (Lipinski definition) is 3. The average molecular weight is 362 g/mol. The van der Waals surface area contributed by atoms with E-state index in [0.717, 1.165) is 37.3 Å². The highest BCUT2D eigenvalue weighted by Gasteiger charge is 2.34. The van der Waals surface area contributed by atoms with Crippen molar-refractivity contribution in [1.29, 1.82) is 0 Å². The molecule has 0 saturated carbocycles. The largest absolute Gasteiger partial charge is 0.479 e. The third-order valence-electron chi connectivity index (χ3n) is 5.66. The van der Waals surface area contributed by atoms with E-state index in [1.807, 2.05) is 48.6 Å². The minimum atomic E-state index is -0.803. The number of nitrogens with zero attached hydrogens (tertiary/aromatic N) is 2. The van der Waals surface area contributed by atoms with Gasteiger partial charge in [0.15, 0.2) is 0 Å². The van der Waals surface area contributed by atoms with E-state index in [0.29, 0.717) is 0 Å². The van der Waals surface area contributed by atoms with Gasteiger partial charge in [-0.25, -0.2) is 4.79 Å². The molecule has 2 aromatic rings. The molecule has 27 heavy (non-hydrogen) atoms. The summed E-state index contributed by atoms with van der Waals surface area (Å²) in [6.45, 7) is 3.30. The highest BCUT2D eigenvalue weighted by molar-refractivity contribution is 5.87. The molecule has 2 aliphatic rings. The van der Waals surface area contributed by atoms with Crippen molar-refractivity contribution in [2.75, 3.05) is 24.5 Å². The van der Waals surface area contributed by atoms with Crippen molar-refractivity contribution in [2.45, 2.75) is 31.3 Å². The Labute approximate surface area is 160 Å². The van der Waals surface area contributed by atoms with Gasteiger partial charge in [0.25, 0.3) is 0 Å². The van der Waals surface area contributed by atoms with Crippen molar-refractivity contribution < 1.29 is 9.90 Å². The Bertz CT molecular complexity index is 812. The quantitative estimate of drug-likeness (QED) is 0.836. The van der Waals surface area contributed by atoms with Crippen LogP contribution >= 0.6 is 0 Å². The molecule has 4 heteroatoms. The van der Waals surface area contributed by atoms with Gasteiger partial charge >= 0.3 is 5.97 Å². The summed E-state index contributed by atoms with van der Waals surface area (Å²) in [5.41, 5.74) is 3.26. The molecule has 1 N–H and O–H groups in total. The lowest BCUT2D eigenvalue weighted by molar-refractivity contribution is -0.137. The number of aliphatic carboxylic acids is 1. The molecule has 4 rings (SSSR count). The van der Waals surface area contributed by atoms with Gasteiger partial charge in [0.1, 0.15) is 6.04 Å². The summed E-state index contributed by atoms with van der Waals surface area (Å²) in [5.74, 6) is -0.803. The molecule has 0 aliphatic carbocycles. The predicted molar refractivity (Wildman–Crippen MR) is 109 cm³/mol. The molecule has 2 atom stereocenters. The van der Waals surface area contributed by atoms with Crippen molar-refractivity contribution >= 4 is 17.7 Å². The zero-order valence-electron chi connectivity index (χ0n) is 15.5. The number of fused-ring (bicyclic) bond motifs is 1. The Morgan fingerprint density at radius 3 is 2.48 bits per heavy atom. The molecular weight excluding hydrogens is 336 g/mol. The van der Waals surface area contributed by atoms with E-state index < -0.39 is 12.0 Å². The maximum atomic E-state index is 12.1. The van der Waals surface area contributed by atoms with Crippen LogP contribution in [0.15, 0.2) is 60.7 Å². The second-order valence-corrected chi connectivity index (χ2v) is 7.37. The van der Waals surface area contributed by atoms with E-state index in [-0.39, 0.29) is 6.04 Å². The number of anilines is 1. The summed E-state index contributed by atoms with van der Waals surface area (Å²) in [6.07, 6.45) is 7.20. The first-order chi connectivity index (χ1) is 13.2. The molecule has 2 heterocycles. The Balaban J connectivity index is 1.71. The first-order valence-electron chi connectivity index (χ1n) is 9.80. The van der Waals surface area contributed by atoms with E-state index in [4.69, 9.17) is 0 Å². The Morgan fingerprint density at radius 2 is 1.74 bits per heavy atom. The number of carbonyl (C=O) groups is 1. The molecule has 2 aliphatic heterocycles. The number of para-hydroxylation sites is 1. The molecule has 0 aromatic heterocycles. The first kappa shape index (κ1) is 17.8. The summed E-state index contributed by atoms with van der Waals surface area (Å²) in [6, 6.07) is 17.8. The van der Waals surface area contributed by atoms with Crippen LogP contribution in [0.4, 0.5) is 5.69 Å². The van der Waals surface area contributed by atoms with Gasteiger partial charge in [-0.15, -0.1) is 0 Å². The van der Waals surface area contributed by atoms with Gasteiger partial charge in [0, 0.05) is 12.2 Å². The second-order valence-electron chi connectivity index (χ2n) is 7.37. The van der Waals surface area contributed by atoms with Crippen molar-refractivity contribution in [3.8, 4) is 0 Å². The van der Waals surface area contributed by atoms with Crippen LogP contribution < -0.4 is 4.90 Å². The predicted octanol–water partition coefficient (Wildman–Crippen LogP) is 4.20. The van der Waals surface area contributed by atoms with Gasteiger partial charge in [0.2, 0.25) is 0 Å². The molecule has 2 aromatic carbocycles. The zero-order valence-corrected chi connectivity index (χ0v) is 15.5. The minimum Gasteiger partial charge on any atom is -0.479 e. The SMILES string of the molecule is O=C(O)C1C=Cc2ccccc2N1C(CCN1CCCC1)c1ccccc1. The summed E-state index contributed by atoms with van der Waals surface area (Å²) < 4.78 is 0. The lowest BCUT2D eigenvalue weighted by atomic mass is 9.94. The third-order valence-corrected chi connectivity index (χ3v) is 5.66. The Morgan fingerprint density at radius 1 is 1.04 bits per heavy atom. The number of benzene rings is 2. The fourth-order valence-corrected chi connectivity index (χ4v) is 4.32. The molecule has 1 fully saturated rings. The highest BCUT2D eigenvalue weighted by atomic mass is 16.4. The lowest BCUT2D eigenvalue weighted by Crippen LogP contribution is -2.45. The Hall–Kier alpha value is -2.59. The third kappa shape index (κ3) is 3.76. The first-order valence-corrected chi connectivity index (χ1v) is 9.80. The van der Waals surface area contributed by atoms with Gasteiger partial charge in [0.05, 0.1) is 6.04 Å². The topological polar surface area (TPSA) is 43.8 Å². The van der Waals surface area contributed by atoms with E-state index >= 15 is 0 Å². The van der Waals surface area contributed by atoms with E-state index in [1.54, 1.807) is 0 Å². The van der Waals surface area contributed by atoms with E-state index in [2.05, 4.69) is 28.0 Å². The van der Waals surface area contributed by atoms with E-state index in [1.165, 1.54) is 18.4 Å². The molecule has 0 spiro atoms. The smallest absolute Gasteiger partial charge is 0.330 e. The van der Waals surface area contributed by atoms with Crippen molar-refractivity contribution in [3.63, 3.8) is 0 Å². The van der Waals surface area contributed by atoms with Crippen molar-refractivity contribution in [3.05, 3.63) is 71.8 Å². The van der Waals surface area contributed by atoms with Gasteiger partial charge in [-0.3, -0.25) is 0 Å². The van der Waals surface area contributed by atoms with Crippen LogP contribution in [0, 0.1) is 0 Å². The molecule has 0 bridgehead atoms. The van der Waals surface area contributed by atoms with Crippen molar-refractivity contribution in [2.24, 2.45) is 0 Å². The number of likely N-dealkylation sites (tertiary alicyclic amines) is 1. The van der Waals surface area contributed by atoms with Crippen LogP contribution in [0.3, 0.4) is 0 Å². The van der Waals surface area contributed by atoms with Crippen LogP contribution in [0.25, 0.3) is 6.08 Å². The summed E-state index contributed by atoms with van der Waals surface area (Å²) in [7, 11) is 0. The monoisotopic (exact) mass is 362 g/mol. The van der Waals surface area contributed by atoms with Crippen molar-refractivity contribution in [1.82, 2.24) is 4.90 Å². The van der Waals surface area contributed by atoms with Crippen LogP contribution in [0.5, 0.6) is 0 Å². The van der Waals surface area contributed by atoms with Gasteiger partial charge in [-0.2, -0.15) is 0 Å². The number of carboxylic acid groups (broad SMARTS) is 1. The van der Waals surface area contributed by atoms with Crippen LogP contribution in [0.2, 0.25) is 0 Å². The number of carboxylic acids is 1. The molecule has 2 unspecified atom stereocenters. The maximum Gasteiger partial charge on any atom is 0.330 e. The molecule has 1 saturated heterocycles. The number of hydrogen-bond donors (Lipinski definition) is 1. The van der Waals surface area contributed by atoms with Crippen LogP contribution in [-0.2, 0) is 4.79 Å². The second kappa shape index (κ2) is 7.97. The summed E-state index contributed by atoms with van der Waals surface area (Å²) in [5, 5.41) is 9.91. The van der Waals surface area contributed by atoms with Gasteiger partial charge in [-0.1, -0.05) is 60.7 Å². The van der Waals surface area contributed by atoms with Gasteiger partial charge < -0.3 is 14.9 Å². The molecule has 0 radical (unpaired) electrons. The Kier molecular flexibility index (Phi) is 5.26. The summed E-state index contributed by atoms with van der Waals surface area (Å²) in [4.78, 5) is 16.7. The molecule has 4 nitrogen and oxygen atoms in total. The average Bonchev–Trinajstić information content (AvgIpc) is 3.22. The van der Waals surface area contributed by atoms with Gasteiger partial charge in [-0.05, 0) is 49.5 Å². The zero-order chi connectivity index (χ0) is 18.6. The van der Waals surface area contributed by atoms with E-state index in [9.17, 15) is 9.90 Å². The fraction of sp³-hybridized carbons (Fsp3) is 0.348. The van der Waals surface area contributed by atoms with Crippen LogP contribution in [0.1, 0.15) is 36.4 Å². The summed E-state index contributed by atoms with van der Waals surface area (Å²) >= 11 is 0. The molecule has 140 valence electrons. The molecule has 0 amide bonds.